The molecule has 0 spiro atoms. The summed E-state index contributed by atoms with van der Waals surface area (Å²) >= 11 is 0. The van der Waals surface area contributed by atoms with Crippen LogP contribution in [0.25, 0.3) is 33.3 Å². The molecule has 5 heterocycles. The van der Waals surface area contributed by atoms with E-state index in [1.165, 1.54) is 21.9 Å². The fourth-order valence-electron chi connectivity index (χ4n) is 10.1. The summed E-state index contributed by atoms with van der Waals surface area (Å²) in [6.07, 6.45) is 4.40. The van der Waals surface area contributed by atoms with Crippen molar-refractivity contribution in [1.82, 2.24) is 35.1 Å². The summed E-state index contributed by atoms with van der Waals surface area (Å²) in [6.45, 7) is 16.6. The number of rotatable bonds is 10. The fourth-order valence-corrected chi connectivity index (χ4v) is 10.1. The highest BCUT2D eigenvalue weighted by molar-refractivity contribution is 5.97. The molecular formula is C52H64N8O7. The number of amides is 4. The number of nitriles is 1. The Morgan fingerprint density at radius 3 is 2.57 bits per heavy atom. The second-order valence-electron chi connectivity index (χ2n) is 19.4. The zero-order valence-electron chi connectivity index (χ0n) is 40.1. The number of methoxy groups -OCH3 is 1. The quantitative estimate of drug-likeness (QED) is 0.138. The molecule has 4 amide bonds. The molecule has 3 aliphatic rings. The Bertz CT molecular complexity index is 2610. The number of carbonyl (C=O) groups excluding carboxylic acids is 5. The summed E-state index contributed by atoms with van der Waals surface area (Å²) < 4.78 is 14.2. The smallest absolute Gasteiger partial charge is 0.324 e. The number of aryl methyl sites for hydroxylation is 1. The van der Waals surface area contributed by atoms with E-state index in [1.54, 1.807) is 27.2 Å². The number of cyclic esters (lactones) is 1. The van der Waals surface area contributed by atoms with E-state index in [0.29, 0.717) is 25.8 Å². The van der Waals surface area contributed by atoms with Gasteiger partial charge < -0.3 is 29.2 Å². The Hall–Kier alpha value is -6.37. The van der Waals surface area contributed by atoms with E-state index in [4.69, 9.17) is 14.5 Å². The van der Waals surface area contributed by atoms with Crippen LogP contribution in [-0.2, 0) is 52.8 Å². The molecule has 0 aliphatic carbocycles. The number of carbonyl (C=O) groups is 5. The van der Waals surface area contributed by atoms with Crippen LogP contribution in [0.4, 0.5) is 0 Å². The van der Waals surface area contributed by atoms with Crippen molar-refractivity contribution in [2.24, 2.45) is 16.7 Å². The number of likely N-dealkylation sites (N-methyl/N-ethyl adjacent to an activating group) is 1. The summed E-state index contributed by atoms with van der Waals surface area (Å²) in [5, 5.41) is 15.8. The Balaban J connectivity index is 1.30. The third-order valence-corrected chi connectivity index (χ3v) is 13.6. The highest BCUT2D eigenvalue weighted by Crippen LogP contribution is 2.42. The maximum absolute atomic E-state index is 14.7. The third-order valence-electron chi connectivity index (χ3n) is 13.6. The number of hydrogen-bond acceptors (Lipinski definition) is 10. The largest absolute Gasteiger partial charge is 0.464 e. The maximum atomic E-state index is 14.7. The lowest BCUT2D eigenvalue weighted by Gasteiger charge is -2.37. The van der Waals surface area contributed by atoms with Crippen molar-refractivity contribution in [2.75, 3.05) is 40.4 Å². The van der Waals surface area contributed by atoms with Gasteiger partial charge in [-0.25, -0.2) is 5.43 Å². The zero-order chi connectivity index (χ0) is 48.4. The van der Waals surface area contributed by atoms with Crippen LogP contribution in [0.2, 0.25) is 0 Å². The van der Waals surface area contributed by atoms with Crippen molar-refractivity contribution in [3.8, 4) is 28.5 Å². The van der Waals surface area contributed by atoms with E-state index in [0.717, 1.165) is 56.2 Å². The standard InChI is InChI=1S/C52H64N8O7/c1-10-43(61)58-24-21-52(29-53,30-58)50(65)57(8)45(32(3)4)47(62)55-41-26-34-15-12-16-35(25-34)36-19-20-42-38(27-36)39(46(59(42)11-2)37-17-13-22-54-44(37)33(5)66-9)28-51(6,7)31-67-49(64)40-18-14-23-60(56-40)48(41)63/h10,12-13,15-17,19-20,22,25,27,32-33,40-41,45,56H,1,11,14,18,21,23-24,26,28,30-31H2,2-9H3,(H,55,62)/t33-,40-,41-,45-,52-/m0/s1. The molecule has 0 unspecified atom stereocenters. The fraction of sp³-hybridized carbons (Fsp3) is 0.481. The van der Waals surface area contributed by atoms with Gasteiger partial charge in [-0.05, 0) is 98.0 Å². The monoisotopic (exact) mass is 912 g/mol. The lowest BCUT2D eigenvalue weighted by Crippen LogP contribution is -2.62. The van der Waals surface area contributed by atoms with Crippen molar-refractivity contribution in [1.29, 1.82) is 5.26 Å². The van der Waals surface area contributed by atoms with Crippen molar-refractivity contribution >= 4 is 40.5 Å². The number of ether oxygens (including phenoxy) is 2. The molecular weight excluding hydrogens is 849 g/mol. The Morgan fingerprint density at radius 1 is 1.10 bits per heavy atom. The minimum atomic E-state index is -1.55. The average molecular weight is 913 g/mol. The molecule has 6 bridgehead atoms. The van der Waals surface area contributed by atoms with Crippen molar-refractivity contribution in [3.05, 3.63) is 90.3 Å². The van der Waals surface area contributed by atoms with Gasteiger partial charge in [-0.3, -0.25) is 34.0 Å². The molecule has 0 radical (unpaired) electrons. The lowest BCUT2D eigenvalue weighted by molar-refractivity contribution is -0.155. The van der Waals surface area contributed by atoms with Crippen LogP contribution < -0.4 is 10.7 Å². The topological polar surface area (TPSA) is 179 Å². The molecule has 354 valence electrons. The van der Waals surface area contributed by atoms with Crippen LogP contribution in [-0.4, -0.2) is 112 Å². The molecule has 15 nitrogen and oxygen atoms in total. The van der Waals surface area contributed by atoms with Crippen LogP contribution in [0, 0.1) is 28.1 Å². The minimum Gasteiger partial charge on any atom is -0.464 e. The molecule has 2 fully saturated rings. The van der Waals surface area contributed by atoms with E-state index in [-0.39, 0.29) is 51.1 Å². The third kappa shape index (κ3) is 9.74. The summed E-state index contributed by atoms with van der Waals surface area (Å²) in [5.74, 6) is -2.90. The number of hydrogen-bond donors (Lipinski definition) is 2. The first-order valence-corrected chi connectivity index (χ1v) is 23.3. The number of pyridine rings is 1. The first-order valence-electron chi connectivity index (χ1n) is 23.3. The van der Waals surface area contributed by atoms with Gasteiger partial charge in [0.05, 0.1) is 30.2 Å². The Morgan fingerprint density at radius 2 is 1.87 bits per heavy atom. The number of esters is 1. The molecule has 5 atom stereocenters. The number of benzene rings is 2. The van der Waals surface area contributed by atoms with Gasteiger partial charge in [-0.15, -0.1) is 0 Å². The molecule has 67 heavy (non-hydrogen) atoms. The number of aromatic nitrogens is 2. The van der Waals surface area contributed by atoms with Crippen LogP contribution in [0.1, 0.15) is 83.7 Å². The molecule has 2 N–H and O–H groups in total. The molecule has 7 rings (SSSR count). The average Bonchev–Trinajstić information content (AvgIpc) is 3.91. The Labute approximate surface area is 393 Å². The summed E-state index contributed by atoms with van der Waals surface area (Å²) in [7, 11) is 3.16. The van der Waals surface area contributed by atoms with Crippen molar-refractivity contribution < 1.29 is 33.4 Å². The summed E-state index contributed by atoms with van der Waals surface area (Å²) in [4.78, 5) is 77.5. The number of fused-ring (bicyclic) bond motifs is 6. The first kappa shape index (κ1) is 48.6. The van der Waals surface area contributed by atoms with Gasteiger partial charge in [0, 0.05) is 74.8 Å². The lowest BCUT2D eigenvalue weighted by atomic mass is 9.84. The molecule has 2 aromatic carbocycles. The number of nitrogens with zero attached hydrogens (tertiary/aromatic N) is 6. The first-order chi connectivity index (χ1) is 32.0. The van der Waals surface area contributed by atoms with E-state index >= 15 is 0 Å². The molecule has 2 aromatic heterocycles. The van der Waals surface area contributed by atoms with Crippen molar-refractivity contribution in [2.45, 2.75) is 104 Å². The van der Waals surface area contributed by atoms with Crippen molar-refractivity contribution in [3.63, 3.8) is 0 Å². The molecule has 3 aliphatic heterocycles. The zero-order valence-corrected chi connectivity index (χ0v) is 40.1. The van der Waals surface area contributed by atoms with Gasteiger partial charge in [0.1, 0.15) is 18.1 Å². The molecule has 4 aromatic rings. The van der Waals surface area contributed by atoms with Gasteiger partial charge in [-0.2, -0.15) is 5.26 Å². The summed E-state index contributed by atoms with van der Waals surface area (Å²) in [6, 6.07) is 17.5. The van der Waals surface area contributed by atoms with Gasteiger partial charge in [0.15, 0.2) is 5.41 Å². The van der Waals surface area contributed by atoms with Crippen LogP contribution >= 0.6 is 0 Å². The van der Waals surface area contributed by atoms with Gasteiger partial charge in [-0.1, -0.05) is 64.6 Å². The van der Waals surface area contributed by atoms with Crippen LogP contribution in [0.5, 0.6) is 0 Å². The van der Waals surface area contributed by atoms with Crippen LogP contribution in [0.3, 0.4) is 0 Å². The van der Waals surface area contributed by atoms with E-state index in [9.17, 15) is 29.2 Å². The molecule has 2 saturated heterocycles. The predicted molar refractivity (Wildman–Crippen MR) is 254 cm³/mol. The normalized spacial score (nSPS) is 21.8. The minimum absolute atomic E-state index is 0.0917. The number of likely N-dealkylation sites (tertiary alicyclic amines) is 1. The van der Waals surface area contributed by atoms with Gasteiger partial charge in [0.25, 0.3) is 5.91 Å². The number of nitrogens with one attached hydrogen (secondary N) is 2. The van der Waals surface area contributed by atoms with Gasteiger partial charge >= 0.3 is 5.97 Å². The molecule has 0 saturated carbocycles. The van der Waals surface area contributed by atoms with E-state index in [2.05, 4.69) is 73.0 Å². The highest BCUT2D eigenvalue weighted by Gasteiger charge is 2.50. The second-order valence-corrected chi connectivity index (χ2v) is 19.4. The van der Waals surface area contributed by atoms with Gasteiger partial charge in [0.2, 0.25) is 17.7 Å². The molecule has 15 heteroatoms. The Kier molecular flexibility index (Phi) is 14.4. The highest BCUT2D eigenvalue weighted by atomic mass is 16.5. The SMILES string of the molecule is C=CC(=O)N1CC[C@@](C#N)(C(=O)N(C)[C@H](C(=O)N[C@H]2Cc3cccc(c3)-c3ccc4c(c3)c(c(-c3cccnc3[C@H](C)OC)n4CC)CC(C)(C)COC(=O)[C@@H]3CCCN(N3)C2=O)C(C)C)C1. The maximum Gasteiger partial charge on any atom is 0.324 e. The summed E-state index contributed by atoms with van der Waals surface area (Å²) in [5.41, 5.74) is 8.69. The second kappa shape index (κ2) is 19.8. The predicted octanol–water partition coefficient (Wildman–Crippen LogP) is 6.16. The van der Waals surface area contributed by atoms with Crippen LogP contribution in [0.15, 0.2) is 73.4 Å². The number of hydrazine groups is 1. The van der Waals surface area contributed by atoms with E-state index < -0.39 is 58.6 Å². The van der Waals surface area contributed by atoms with E-state index in [1.807, 2.05) is 37.3 Å².